The SMILES string of the molecule is COc1ccc(CN(C)Cc2cccnc2C(=O)O)cc1. The van der Waals surface area contributed by atoms with Crippen LogP contribution in [-0.4, -0.2) is 35.1 Å². The van der Waals surface area contributed by atoms with Gasteiger partial charge >= 0.3 is 5.97 Å². The summed E-state index contributed by atoms with van der Waals surface area (Å²) in [5.41, 5.74) is 1.96. The van der Waals surface area contributed by atoms with E-state index in [0.29, 0.717) is 12.1 Å². The van der Waals surface area contributed by atoms with Crippen LogP contribution in [0, 0.1) is 0 Å². The summed E-state index contributed by atoms with van der Waals surface area (Å²) in [5.74, 6) is -0.176. The Kier molecular flexibility index (Phi) is 4.90. The van der Waals surface area contributed by atoms with E-state index in [1.807, 2.05) is 36.2 Å². The van der Waals surface area contributed by atoms with Crippen molar-refractivity contribution >= 4 is 5.97 Å². The summed E-state index contributed by atoms with van der Waals surface area (Å²) in [6, 6.07) is 11.4. The Labute approximate surface area is 123 Å². The van der Waals surface area contributed by atoms with Crippen molar-refractivity contribution in [1.29, 1.82) is 0 Å². The highest BCUT2D eigenvalue weighted by atomic mass is 16.5. The van der Waals surface area contributed by atoms with E-state index in [0.717, 1.165) is 17.9 Å². The van der Waals surface area contributed by atoms with Crippen LogP contribution in [0.3, 0.4) is 0 Å². The number of aromatic carboxylic acids is 1. The third-order valence-electron chi connectivity index (χ3n) is 3.15. The van der Waals surface area contributed by atoms with Gasteiger partial charge in [-0.2, -0.15) is 0 Å². The van der Waals surface area contributed by atoms with E-state index in [9.17, 15) is 4.79 Å². The van der Waals surface area contributed by atoms with Crippen LogP contribution in [0.25, 0.3) is 0 Å². The Morgan fingerprint density at radius 3 is 2.57 bits per heavy atom. The number of carbonyl (C=O) groups is 1. The maximum atomic E-state index is 11.1. The van der Waals surface area contributed by atoms with E-state index in [1.54, 1.807) is 19.2 Å². The van der Waals surface area contributed by atoms with Gasteiger partial charge in [0.1, 0.15) is 5.75 Å². The largest absolute Gasteiger partial charge is 0.497 e. The first-order valence-corrected chi connectivity index (χ1v) is 6.59. The Balaban J connectivity index is 2.04. The zero-order chi connectivity index (χ0) is 15.2. The number of rotatable bonds is 6. The molecule has 0 amide bonds. The number of hydrogen-bond acceptors (Lipinski definition) is 4. The first kappa shape index (κ1) is 15.0. The lowest BCUT2D eigenvalue weighted by atomic mass is 10.1. The van der Waals surface area contributed by atoms with Crippen molar-refractivity contribution in [2.45, 2.75) is 13.1 Å². The highest BCUT2D eigenvalue weighted by Crippen LogP contribution is 2.14. The van der Waals surface area contributed by atoms with Gasteiger partial charge in [-0.3, -0.25) is 4.90 Å². The van der Waals surface area contributed by atoms with Crippen LogP contribution in [0.2, 0.25) is 0 Å². The molecule has 0 aliphatic heterocycles. The number of carboxylic acids is 1. The number of ether oxygens (including phenoxy) is 1. The van der Waals surface area contributed by atoms with Crippen LogP contribution in [-0.2, 0) is 13.1 Å². The average molecular weight is 286 g/mol. The van der Waals surface area contributed by atoms with Crippen LogP contribution in [0.4, 0.5) is 0 Å². The summed E-state index contributed by atoms with van der Waals surface area (Å²) < 4.78 is 5.12. The van der Waals surface area contributed by atoms with Crippen molar-refractivity contribution in [3.05, 3.63) is 59.4 Å². The lowest BCUT2D eigenvalue weighted by Gasteiger charge is -2.17. The smallest absolute Gasteiger partial charge is 0.354 e. The fraction of sp³-hybridized carbons (Fsp3) is 0.250. The monoisotopic (exact) mass is 286 g/mol. The predicted molar refractivity (Wildman–Crippen MR) is 79.4 cm³/mol. The molecule has 110 valence electrons. The fourth-order valence-electron chi connectivity index (χ4n) is 2.15. The number of carboxylic acid groups (broad SMARTS) is 1. The van der Waals surface area contributed by atoms with Crippen molar-refractivity contribution in [2.24, 2.45) is 0 Å². The summed E-state index contributed by atoms with van der Waals surface area (Å²) in [5, 5.41) is 9.13. The second-order valence-corrected chi connectivity index (χ2v) is 4.84. The number of benzene rings is 1. The van der Waals surface area contributed by atoms with Crippen molar-refractivity contribution in [3.63, 3.8) is 0 Å². The van der Waals surface area contributed by atoms with Gasteiger partial charge in [-0.1, -0.05) is 18.2 Å². The van der Waals surface area contributed by atoms with E-state index in [2.05, 4.69) is 4.98 Å². The topological polar surface area (TPSA) is 62.7 Å². The highest BCUT2D eigenvalue weighted by molar-refractivity contribution is 5.86. The molecule has 0 spiro atoms. The van der Waals surface area contributed by atoms with Gasteiger partial charge in [0.25, 0.3) is 0 Å². The molecule has 1 heterocycles. The summed E-state index contributed by atoms with van der Waals surface area (Å²) in [6.07, 6.45) is 1.50. The van der Waals surface area contributed by atoms with Crippen LogP contribution in [0.1, 0.15) is 21.6 Å². The molecular formula is C16H18N2O3. The lowest BCUT2D eigenvalue weighted by Crippen LogP contribution is -2.19. The third kappa shape index (κ3) is 4.03. The number of hydrogen-bond donors (Lipinski definition) is 1. The predicted octanol–water partition coefficient (Wildman–Crippen LogP) is 2.42. The van der Waals surface area contributed by atoms with Gasteiger partial charge in [0.2, 0.25) is 0 Å². The zero-order valence-electron chi connectivity index (χ0n) is 12.1. The summed E-state index contributed by atoms with van der Waals surface area (Å²) >= 11 is 0. The van der Waals surface area contributed by atoms with E-state index >= 15 is 0 Å². The molecule has 0 saturated heterocycles. The van der Waals surface area contributed by atoms with Crippen LogP contribution in [0.5, 0.6) is 5.75 Å². The van der Waals surface area contributed by atoms with Crippen molar-refractivity contribution in [2.75, 3.05) is 14.2 Å². The van der Waals surface area contributed by atoms with Crippen molar-refractivity contribution < 1.29 is 14.6 Å². The van der Waals surface area contributed by atoms with Crippen LogP contribution >= 0.6 is 0 Å². The minimum Gasteiger partial charge on any atom is -0.497 e. The Bertz CT molecular complexity index is 611. The number of nitrogens with zero attached hydrogens (tertiary/aromatic N) is 2. The minimum absolute atomic E-state index is 0.110. The lowest BCUT2D eigenvalue weighted by molar-refractivity contribution is 0.0688. The molecule has 0 aliphatic rings. The zero-order valence-corrected chi connectivity index (χ0v) is 12.1. The molecule has 1 N–H and O–H groups in total. The van der Waals surface area contributed by atoms with Gasteiger partial charge in [-0.05, 0) is 36.4 Å². The van der Waals surface area contributed by atoms with Gasteiger partial charge in [-0.25, -0.2) is 9.78 Å². The normalized spacial score (nSPS) is 10.6. The van der Waals surface area contributed by atoms with E-state index in [1.165, 1.54) is 6.20 Å². The first-order chi connectivity index (χ1) is 10.1. The molecule has 0 saturated carbocycles. The Morgan fingerprint density at radius 1 is 1.24 bits per heavy atom. The molecule has 0 unspecified atom stereocenters. The maximum Gasteiger partial charge on any atom is 0.354 e. The average Bonchev–Trinajstić information content (AvgIpc) is 2.48. The fourth-order valence-corrected chi connectivity index (χ4v) is 2.15. The highest BCUT2D eigenvalue weighted by Gasteiger charge is 2.12. The summed E-state index contributed by atoms with van der Waals surface area (Å²) in [4.78, 5) is 17.1. The third-order valence-corrected chi connectivity index (χ3v) is 3.15. The standard InChI is InChI=1S/C16H18N2O3/c1-18(10-12-5-7-14(21-2)8-6-12)11-13-4-3-9-17-15(13)16(19)20/h3-9H,10-11H2,1-2H3,(H,19,20). The van der Waals surface area contributed by atoms with Crippen molar-refractivity contribution in [1.82, 2.24) is 9.88 Å². The summed E-state index contributed by atoms with van der Waals surface area (Å²) in [6.45, 7) is 1.25. The van der Waals surface area contributed by atoms with Gasteiger partial charge in [0.15, 0.2) is 5.69 Å². The Morgan fingerprint density at radius 2 is 1.95 bits per heavy atom. The molecular weight excluding hydrogens is 268 g/mol. The molecule has 0 bridgehead atoms. The molecule has 0 aliphatic carbocycles. The maximum absolute atomic E-state index is 11.1. The second-order valence-electron chi connectivity index (χ2n) is 4.84. The van der Waals surface area contributed by atoms with Gasteiger partial charge in [-0.15, -0.1) is 0 Å². The van der Waals surface area contributed by atoms with Gasteiger partial charge < -0.3 is 9.84 Å². The molecule has 5 heteroatoms. The van der Waals surface area contributed by atoms with Gasteiger partial charge in [0, 0.05) is 19.3 Å². The van der Waals surface area contributed by atoms with Crippen molar-refractivity contribution in [3.8, 4) is 5.75 Å². The van der Waals surface area contributed by atoms with E-state index in [4.69, 9.17) is 9.84 Å². The molecule has 2 aromatic rings. The molecule has 1 aromatic carbocycles. The van der Waals surface area contributed by atoms with Gasteiger partial charge in [0.05, 0.1) is 7.11 Å². The first-order valence-electron chi connectivity index (χ1n) is 6.59. The molecule has 0 radical (unpaired) electrons. The molecule has 0 atom stereocenters. The molecule has 5 nitrogen and oxygen atoms in total. The van der Waals surface area contributed by atoms with Crippen LogP contribution < -0.4 is 4.74 Å². The molecule has 2 rings (SSSR count). The van der Waals surface area contributed by atoms with E-state index in [-0.39, 0.29) is 5.69 Å². The number of pyridine rings is 1. The van der Waals surface area contributed by atoms with Crippen LogP contribution in [0.15, 0.2) is 42.6 Å². The molecule has 1 aromatic heterocycles. The second kappa shape index (κ2) is 6.85. The molecule has 21 heavy (non-hydrogen) atoms. The molecule has 0 fully saturated rings. The minimum atomic E-state index is -0.997. The Hall–Kier alpha value is -2.40. The quantitative estimate of drug-likeness (QED) is 0.883. The number of aromatic nitrogens is 1. The summed E-state index contributed by atoms with van der Waals surface area (Å²) in [7, 11) is 3.58. The van der Waals surface area contributed by atoms with E-state index < -0.39 is 5.97 Å². The number of methoxy groups -OCH3 is 1.